The molecule has 2 aliphatic rings. The van der Waals surface area contributed by atoms with Crippen LogP contribution in [-0.2, 0) is 27.8 Å². The molecule has 0 fully saturated rings. The predicted molar refractivity (Wildman–Crippen MR) is 98.1 cm³/mol. The minimum absolute atomic E-state index is 0.0549. The van der Waals surface area contributed by atoms with Gasteiger partial charge < -0.3 is 5.32 Å². The van der Waals surface area contributed by atoms with Crippen LogP contribution in [0.25, 0.3) is 0 Å². The highest BCUT2D eigenvalue weighted by atomic mass is 32.2. The summed E-state index contributed by atoms with van der Waals surface area (Å²) in [6.07, 6.45) is 0.724. The summed E-state index contributed by atoms with van der Waals surface area (Å²) in [4.78, 5) is 12.8. The molecule has 7 heteroatoms. The summed E-state index contributed by atoms with van der Waals surface area (Å²) in [5, 5.41) is 2.58. The Labute approximate surface area is 151 Å². The van der Waals surface area contributed by atoms with Crippen molar-refractivity contribution in [3.8, 4) is 0 Å². The molecule has 1 unspecified atom stereocenters. The molecular formula is C18H18N2O3S2. The molecule has 0 saturated heterocycles. The van der Waals surface area contributed by atoms with Gasteiger partial charge in [0.1, 0.15) is 0 Å². The lowest BCUT2D eigenvalue weighted by Gasteiger charge is -2.29. The van der Waals surface area contributed by atoms with Crippen LogP contribution in [0, 0.1) is 0 Å². The molecule has 2 aliphatic heterocycles. The molecule has 0 aliphatic carbocycles. The first-order valence-electron chi connectivity index (χ1n) is 8.13. The van der Waals surface area contributed by atoms with Crippen LogP contribution in [0.4, 0.5) is 5.69 Å². The molecule has 0 saturated carbocycles. The van der Waals surface area contributed by atoms with Crippen LogP contribution < -0.4 is 5.32 Å². The Morgan fingerprint density at radius 1 is 1.16 bits per heavy atom. The molecule has 2 heterocycles. The Hall–Kier alpha value is -1.83. The SMILES string of the molecule is CC1Sc2cc(S(=O)(=O)N3CCc4ccccc4C3)ccc2NC1=O. The summed E-state index contributed by atoms with van der Waals surface area (Å²) in [6, 6.07) is 12.9. The van der Waals surface area contributed by atoms with Crippen LogP contribution in [0.5, 0.6) is 0 Å². The van der Waals surface area contributed by atoms with Gasteiger partial charge in [-0.15, -0.1) is 11.8 Å². The van der Waals surface area contributed by atoms with Gasteiger partial charge in [-0.2, -0.15) is 4.31 Å². The summed E-state index contributed by atoms with van der Waals surface area (Å²) in [7, 11) is -3.56. The first kappa shape index (κ1) is 16.6. The maximum absolute atomic E-state index is 13.1. The van der Waals surface area contributed by atoms with E-state index in [0.717, 1.165) is 16.9 Å². The second kappa shape index (κ2) is 6.16. The van der Waals surface area contributed by atoms with E-state index >= 15 is 0 Å². The molecule has 0 spiro atoms. The highest BCUT2D eigenvalue weighted by Crippen LogP contribution is 2.37. The average Bonchev–Trinajstić information content (AvgIpc) is 2.62. The molecule has 5 nitrogen and oxygen atoms in total. The van der Waals surface area contributed by atoms with Gasteiger partial charge in [-0.25, -0.2) is 8.42 Å². The van der Waals surface area contributed by atoms with E-state index in [2.05, 4.69) is 11.4 Å². The molecule has 0 bridgehead atoms. The number of sulfonamides is 1. The third-order valence-electron chi connectivity index (χ3n) is 4.62. The van der Waals surface area contributed by atoms with Gasteiger partial charge >= 0.3 is 0 Å². The van der Waals surface area contributed by atoms with Crippen molar-refractivity contribution in [2.45, 2.75) is 34.9 Å². The van der Waals surface area contributed by atoms with Gasteiger partial charge in [0.15, 0.2) is 0 Å². The van der Waals surface area contributed by atoms with Crippen LogP contribution in [0.15, 0.2) is 52.3 Å². The Morgan fingerprint density at radius 2 is 1.92 bits per heavy atom. The lowest BCUT2D eigenvalue weighted by atomic mass is 10.0. The van der Waals surface area contributed by atoms with Gasteiger partial charge in [0.25, 0.3) is 0 Å². The topological polar surface area (TPSA) is 66.5 Å². The fraction of sp³-hybridized carbons (Fsp3) is 0.278. The van der Waals surface area contributed by atoms with Crippen molar-refractivity contribution in [1.29, 1.82) is 0 Å². The van der Waals surface area contributed by atoms with Crippen molar-refractivity contribution in [3.05, 3.63) is 53.6 Å². The number of benzene rings is 2. The van der Waals surface area contributed by atoms with E-state index in [9.17, 15) is 13.2 Å². The number of amides is 1. The van der Waals surface area contributed by atoms with Crippen LogP contribution in [0.3, 0.4) is 0 Å². The van der Waals surface area contributed by atoms with E-state index in [1.54, 1.807) is 18.2 Å². The van der Waals surface area contributed by atoms with Gasteiger partial charge in [0.2, 0.25) is 15.9 Å². The quantitative estimate of drug-likeness (QED) is 0.878. The number of rotatable bonds is 2. The largest absolute Gasteiger partial charge is 0.324 e. The number of fused-ring (bicyclic) bond motifs is 2. The normalized spacial score (nSPS) is 20.5. The van der Waals surface area contributed by atoms with Gasteiger partial charge in [-0.3, -0.25) is 4.79 Å². The first-order chi connectivity index (χ1) is 11.9. The van der Waals surface area contributed by atoms with Crippen molar-refractivity contribution in [2.75, 3.05) is 11.9 Å². The predicted octanol–water partition coefficient (Wildman–Crippen LogP) is 2.87. The van der Waals surface area contributed by atoms with Crippen molar-refractivity contribution in [1.82, 2.24) is 4.31 Å². The fourth-order valence-electron chi connectivity index (χ4n) is 3.17. The Bertz CT molecular complexity index is 957. The molecule has 1 atom stereocenters. The van der Waals surface area contributed by atoms with Gasteiger partial charge in [-0.1, -0.05) is 24.3 Å². The van der Waals surface area contributed by atoms with E-state index < -0.39 is 10.0 Å². The highest BCUT2D eigenvalue weighted by Gasteiger charge is 2.30. The van der Waals surface area contributed by atoms with E-state index in [4.69, 9.17) is 0 Å². The van der Waals surface area contributed by atoms with E-state index in [0.29, 0.717) is 18.8 Å². The molecule has 2 aromatic rings. The summed E-state index contributed by atoms with van der Waals surface area (Å²) in [5.41, 5.74) is 2.95. The maximum atomic E-state index is 13.1. The Kier molecular flexibility index (Phi) is 4.10. The summed E-state index contributed by atoms with van der Waals surface area (Å²) in [6.45, 7) is 2.69. The number of nitrogens with zero attached hydrogens (tertiary/aromatic N) is 1. The van der Waals surface area contributed by atoms with E-state index in [-0.39, 0.29) is 16.1 Å². The number of thioether (sulfide) groups is 1. The number of hydrogen-bond donors (Lipinski definition) is 1. The van der Waals surface area contributed by atoms with Crippen molar-refractivity contribution < 1.29 is 13.2 Å². The van der Waals surface area contributed by atoms with Gasteiger partial charge in [0.05, 0.1) is 15.8 Å². The summed E-state index contributed by atoms with van der Waals surface area (Å²) < 4.78 is 27.7. The zero-order valence-corrected chi connectivity index (χ0v) is 15.4. The molecular weight excluding hydrogens is 356 g/mol. The molecule has 2 aromatic carbocycles. The minimum Gasteiger partial charge on any atom is -0.324 e. The van der Waals surface area contributed by atoms with Crippen LogP contribution in [0.2, 0.25) is 0 Å². The van der Waals surface area contributed by atoms with Gasteiger partial charge in [0, 0.05) is 18.0 Å². The van der Waals surface area contributed by atoms with Crippen molar-refractivity contribution >= 4 is 33.4 Å². The van der Waals surface area contributed by atoms with E-state index in [1.165, 1.54) is 21.6 Å². The zero-order valence-electron chi connectivity index (χ0n) is 13.7. The first-order valence-corrected chi connectivity index (χ1v) is 10.5. The molecule has 130 valence electrons. The van der Waals surface area contributed by atoms with E-state index in [1.807, 2.05) is 25.1 Å². The number of nitrogens with one attached hydrogen (secondary N) is 1. The smallest absolute Gasteiger partial charge is 0.243 e. The maximum Gasteiger partial charge on any atom is 0.243 e. The van der Waals surface area contributed by atoms with Gasteiger partial charge in [-0.05, 0) is 42.7 Å². The number of anilines is 1. The standard InChI is InChI=1S/C18H18N2O3S2/c1-12-18(21)19-16-7-6-15(10-17(16)24-12)25(22,23)20-9-8-13-4-2-3-5-14(13)11-20/h2-7,10,12H,8-9,11H2,1H3,(H,19,21). The number of hydrogen-bond acceptors (Lipinski definition) is 4. The Morgan fingerprint density at radius 3 is 2.72 bits per heavy atom. The average molecular weight is 374 g/mol. The van der Waals surface area contributed by atoms with Crippen LogP contribution in [0.1, 0.15) is 18.1 Å². The third-order valence-corrected chi connectivity index (χ3v) is 7.62. The second-order valence-electron chi connectivity index (χ2n) is 6.26. The second-order valence-corrected chi connectivity index (χ2v) is 9.59. The Balaban J connectivity index is 1.66. The lowest BCUT2D eigenvalue weighted by molar-refractivity contribution is -0.115. The lowest BCUT2D eigenvalue weighted by Crippen LogP contribution is -2.36. The molecule has 0 aromatic heterocycles. The molecule has 1 amide bonds. The molecule has 1 N–H and O–H groups in total. The molecule has 25 heavy (non-hydrogen) atoms. The highest BCUT2D eigenvalue weighted by molar-refractivity contribution is 8.01. The summed E-state index contributed by atoms with van der Waals surface area (Å²) in [5.74, 6) is -0.0549. The monoisotopic (exact) mass is 374 g/mol. The van der Waals surface area contributed by atoms with Crippen LogP contribution in [-0.4, -0.2) is 30.4 Å². The zero-order chi connectivity index (χ0) is 17.6. The number of carbonyl (C=O) groups excluding carboxylic acids is 1. The summed E-state index contributed by atoms with van der Waals surface area (Å²) >= 11 is 1.39. The van der Waals surface area contributed by atoms with Crippen molar-refractivity contribution in [3.63, 3.8) is 0 Å². The molecule has 4 rings (SSSR count). The minimum atomic E-state index is -3.56. The third kappa shape index (κ3) is 2.96. The molecule has 0 radical (unpaired) electrons. The van der Waals surface area contributed by atoms with Crippen molar-refractivity contribution in [2.24, 2.45) is 0 Å². The van der Waals surface area contributed by atoms with Crippen LogP contribution >= 0.6 is 11.8 Å². The number of carbonyl (C=O) groups is 1. The fourth-order valence-corrected chi connectivity index (χ4v) is 5.67.